The van der Waals surface area contributed by atoms with Crippen molar-refractivity contribution in [3.05, 3.63) is 218 Å². The van der Waals surface area contributed by atoms with Crippen LogP contribution in [0.15, 0.2) is 227 Å². The first kappa shape index (κ1) is 35.0. The molecule has 14 aromatic rings. The lowest BCUT2D eigenvalue weighted by atomic mass is 9.97. The van der Waals surface area contributed by atoms with Gasteiger partial charge in [0.2, 0.25) is 0 Å². The first-order valence-corrected chi connectivity index (χ1v) is 21.8. The van der Waals surface area contributed by atoms with Gasteiger partial charge in [0.25, 0.3) is 0 Å². The molecule has 10 aromatic carbocycles. The van der Waals surface area contributed by atoms with Crippen LogP contribution in [0.25, 0.3) is 132 Å². The Morgan fingerprint density at radius 3 is 1.52 bits per heavy atom. The van der Waals surface area contributed by atoms with Crippen molar-refractivity contribution in [1.82, 2.24) is 9.13 Å². The molecule has 4 aromatic heterocycles. The van der Waals surface area contributed by atoms with Crippen molar-refractivity contribution in [1.29, 1.82) is 0 Å². The predicted molar refractivity (Wildman–Crippen MR) is 266 cm³/mol. The monoisotopic (exact) mass is 816 g/mol. The van der Waals surface area contributed by atoms with Crippen molar-refractivity contribution in [2.75, 3.05) is 0 Å². The van der Waals surface area contributed by atoms with E-state index in [4.69, 9.17) is 8.83 Å². The molecule has 0 spiro atoms. The first-order valence-electron chi connectivity index (χ1n) is 21.8. The molecule has 0 N–H and O–H groups in total. The van der Waals surface area contributed by atoms with Crippen LogP contribution >= 0.6 is 0 Å². The average Bonchev–Trinajstić information content (AvgIpc) is 4.11. The van der Waals surface area contributed by atoms with Crippen molar-refractivity contribution in [2.24, 2.45) is 0 Å². The van der Waals surface area contributed by atoms with Gasteiger partial charge in [-0.2, -0.15) is 0 Å². The molecule has 298 valence electrons. The predicted octanol–water partition coefficient (Wildman–Crippen LogP) is 16.7. The number of hydrogen-bond donors (Lipinski definition) is 0. The average molecular weight is 817 g/mol. The summed E-state index contributed by atoms with van der Waals surface area (Å²) in [5.74, 6) is 0. The van der Waals surface area contributed by atoms with E-state index in [9.17, 15) is 0 Å². The molecule has 0 bridgehead atoms. The Labute approximate surface area is 367 Å². The van der Waals surface area contributed by atoms with E-state index in [-0.39, 0.29) is 0 Å². The number of rotatable bonds is 5. The zero-order chi connectivity index (χ0) is 41.9. The molecule has 0 atom stereocenters. The zero-order valence-corrected chi connectivity index (χ0v) is 34.5. The largest absolute Gasteiger partial charge is 0.456 e. The third-order valence-corrected chi connectivity index (χ3v) is 13.3. The molecular formula is C60H36N2O2. The summed E-state index contributed by atoms with van der Waals surface area (Å²) in [7, 11) is 0. The van der Waals surface area contributed by atoms with Gasteiger partial charge in [0.05, 0.1) is 22.1 Å². The summed E-state index contributed by atoms with van der Waals surface area (Å²) in [4.78, 5) is 0. The maximum Gasteiger partial charge on any atom is 0.135 e. The van der Waals surface area contributed by atoms with Crippen LogP contribution in [0.4, 0.5) is 0 Å². The number of aromatic nitrogens is 2. The molecule has 0 aliphatic rings. The van der Waals surface area contributed by atoms with E-state index < -0.39 is 0 Å². The molecule has 0 saturated heterocycles. The molecule has 0 radical (unpaired) electrons. The summed E-state index contributed by atoms with van der Waals surface area (Å²) in [5.41, 5.74) is 17.6. The summed E-state index contributed by atoms with van der Waals surface area (Å²) in [6.07, 6.45) is 0. The fourth-order valence-corrected chi connectivity index (χ4v) is 10.4. The van der Waals surface area contributed by atoms with Gasteiger partial charge in [0.1, 0.15) is 22.3 Å². The van der Waals surface area contributed by atoms with Crippen LogP contribution in [-0.2, 0) is 0 Å². The second-order valence-corrected chi connectivity index (χ2v) is 16.9. The number of benzene rings is 10. The lowest BCUT2D eigenvalue weighted by Gasteiger charge is -2.10. The van der Waals surface area contributed by atoms with Crippen LogP contribution in [0.1, 0.15) is 0 Å². The minimum atomic E-state index is 0.871. The third kappa shape index (κ3) is 5.17. The lowest BCUT2D eigenvalue weighted by molar-refractivity contribution is 0.668. The molecule has 4 heterocycles. The van der Waals surface area contributed by atoms with E-state index in [0.717, 1.165) is 83.0 Å². The molecule has 0 saturated carbocycles. The maximum atomic E-state index is 6.49. The Bertz CT molecular complexity index is 4200. The summed E-state index contributed by atoms with van der Waals surface area (Å²) < 4.78 is 17.4. The van der Waals surface area contributed by atoms with Gasteiger partial charge in [0, 0.05) is 54.5 Å². The van der Waals surface area contributed by atoms with Gasteiger partial charge in [0.15, 0.2) is 0 Å². The highest BCUT2D eigenvalue weighted by atomic mass is 16.3. The highest BCUT2D eigenvalue weighted by Crippen LogP contribution is 2.42. The minimum Gasteiger partial charge on any atom is -0.456 e. The number of para-hydroxylation sites is 4. The smallest absolute Gasteiger partial charge is 0.135 e. The molecule has 0 fully saturated rings. The van der Waals surface area contributed by atoms with E-state index in [1.807, 2.05) is 12.1 Å². The van der Waals surface area contributed by atoms with Crippen LogP contribution in [0, 0.1) is 0 Å². The first-order chi connectivity index (χ1) is 31.7. The Balaban J connectivity index is 0.888. The minimum absolute atomic E-state index is 0.871. The molecule has 0 amide bonds. The van der Waals surface area contributed by atoms with E-state index >= 15 is 0 Å². The highest BCUT2D eigenvalue weighted by Gasteiger charge is 2.19. The van der Waals surface area contributed by atoms with E-state index in [1.165, 1.54) is 49.2 Å². The van der Waals surface area contributed by atoms with Crippen LogP contribution in [-0.4, -0.2) is 9.13 Å². The zero-order valence-electron chi connectivity index (χ0n) is 34.5. The maximum absolute atomic E-state index is 6.49. The Hall–Kier alpha value is -8.60. The van der Waals surface area contributed by atoms with Crippen molar-refractivity contribution >= 4 is 87.5 Å². The molecule has 4 heteroatoms. The third-order valence-electron chi connectivity index (χ3n) is 13.3. The number of fused-ring (bicyclic) bond motifs is 12. The molecule has 4 nitrogen and oxygen atoms in total. The molecule has 0 aliphatic carbocycles. The van der Waals surface area contributed by atoms with Crippen molar-refractivity contribution in [2.45, 2.75) is 0 Å². The van der Waals surface area contributed by atoms with Gasteiger partial charge in [-0.3, -0.25) is 0 Å². The molecule has 0 aliphatic heterocycles. The van der Waals surface area contributed by atoms with Gasteiger partial charge < -0.3 is 18.0 Å². The van der Waals surface area contributed by atoms with Gasteiger partial charge in [-0.25, -0.2) is 0 Å². The number of hydrogen-bond acceptors (Lipinski definition) is 2. The van der Waals surface area contributed by atoms with Crippen molar-refractivity contribution in [3.8, 4) is 44.8 Å². The topological polar surface area (TPSA) is 36.1 Å². The Morgan fingerprint density at radius 1 is 0.250 bits per heavy atom. The van der Waals surface area contributed by atoms with Gasteiger partial charge in [-0.1, -0.05) is 121 Å². The van der Waals surface area contributed by atoms with Gasteiger partial charge in [-0.15, -0.1) is 0 Å². The van der Waals surface area contributed by atoms with Crippen molar-refractivity contribution in [3.63, 3.8) is 0 Å². The number of furan rings is 2. The Morgan fingerprint density at radius 2 is 0.750 bits per heavy atom. The van der Waals surface area contributed by atoms with E-state index in [1.54, 1.807) is 0 Å². The molecular weight excluding hydrogens is 781 g/mol. The second kappa shape index (κ2) is 13.4. The van der Waals surface area contributed by atoms with Crippen LogP contribution in [0.5, 0.6) is 0 Å². The standard InChI is InChI=1S/C60H36N2O2/c1-2-14-42(15-3-1)61-53-21-8-5-18-47(53)60-44(19-11-22-55(60)61)41-24-28-54-48(35-41)45-16-4-7-20-52(45)62(54)43-27-31-59-51(36-43)50-34-40(26-30-58(50)64-59)38-13-10-12-37(32-38)39-25-29-57-49(33-39)46-17-6-9-23-56(46)63-57/h1-36H. The van der Waals surface area contributed by atoms with E-state index in [2.05, 4.69) is 215 Å². The Kier molecular flexibility index (Phi) is 7.36. The highest BCUT2D eigenvalue weighted by molar-refractivity contribution is 6.18. The van der Waals surface area contributed by atoms with Crippen molar-refractivity contribution < 1.29 is 8.83 Å². The quantitative estimate of drug-likeness (QED) is 0.173. The summed E-state index contributed by atoms with van der Waals surface area (Å²) >= 11 is 0. The molecule has 64 heavy (non-hydrogen) atoms. The fourth-order valence-electron chi connectivity index (χ4n) is 10.4. The summed E-state index contributed by atoms with van der Waals surface area (Å²) in [6.45, 7) is 0. The van der Waals surface area contributed by atoms with E-state index in [0.29, 0.717) is 0 Å². The van der Waals surface area contributed by atoms with Crippen LogP contribution < -0.4 is 0 Å². The van der Waals surface area contributed by atoms with Gasteiger partial charge >= 0.3 is 0 Å². The number of nitrogens with zero attached hydrogens (tertiary/aromatic N) is 2. The normalized spacial score (nSPS) is 12.1. The van der Waals surface area contributed by atoms with Crippen LogP contribution in [0.3, 0.4) is 0 Å². The summed E-state index contributed by atoms with van der Waals surface area (Å²) in [5, 5.41) is 9.40. The van der Waals surface area contributed by atoms with Gasteiger partial charge in [-0.05, 0) is 130 Å². The SMILES string of the molecule is c1ccc(-n2c3ccccc3c3c(-c4ccc5c(c4)c4ccccc4n5-c4ccc5oc6ccc(-c7cccc(-c8ccc9oc%10ccccc%10c9c8)c7)cc6c5c4)cccc32)cc1. The van der Waals surface area contributed by atoms with Crippen LogP contribution in [0.2, 0.25) is 0 Å². The molecule has 0 unspecified atom stereocenters. The summed E-state index contributed by atoms with van der Waals surface area (Å²) in [6, 6.07) is 78.6. The second-order valence-electron chi connectivity index (χ2n) is 16.9. The fraction of sp³-hybridized carbons (Fsp3) is 0. The molecule has 14 rings (SSSR count). The lowest BCUT2D eigenvalue weighted by Crippen LogP contribution is -1.93.